The van der Waals surface area contributed by atoms with Crippen molar-refractivity contribution in [2.24, 2.45) is 10.2 Å². The van der Waals surface area contributed by atoms with Gasteiger partial charge in [-0.15, -0.1) is 12.6 Å². The molecule has 0 aromatic carbocycles. The van der Waals surface area contributed by atoms with Crippen molar-refractivity contribution in [3.05, 3.63) is 22.9 Å². The lowest BCUT2D eigenvalue weighted by molar-refractivity contribution is 1.01. The molecule has 0 saturated carbocycles. The van der Waals surface area contributed by atoms with Gasteiger partial charge in [0.15, 0.2) is 0 Å². The second-order valence-corrected chi connectivity index (χ2v) is 2.41. The molecule has 0 fully saturated rings. The summed E-state index contributed by atoms with van der Waals surface area (Å²) < 4.78 is 0. The lowest BCUT2D eigenvalue weighted by atomic mass is 10.4. The van der Waals surface area contributed by atoms with Crippen LogP contribution >= 0.6 is 12.6 Å². The van der Waals surface area contributed by atoms with E-state index in [9.17, 15) is 0 Å². The van der Waals surface area contributed by atoms with E-state index in [4.69, 9.17) is 0 Å². The van der Waals surface area contributed by atoms with Crippen LogP contribution in [0.2, 0.25) is 0 Å². The van der Waals surface area contributed by atoms with Crippen LogP contribution in [0.25, 0.3) is 0 Å². The Morgan fingerprint density at radius 2 is 2.09 bits per heavy atom. The number of azo groups is 1. The van der Waals surface area contributed by atoms with E-state index < -0.39 is 0 Å². The average molecular weight is 171 g/mol. The molecule has 0 aliphatic carbocycles. The zero-order chi connectivity index (χ0) is 8.85. The third-order valence-electron chi connectivity index (χ3n) is 1.18. The van der Waals surface area contributed by atoms with E-state index in [1.807, 2.05) is 6.92 Å². The Hall–Kier alpha value is -0.770. The standard InChI is InChI=1S/C7H13N3S/c1-5(8-3)7(11)6(2)10-9-4/h8,11H,1H2,2-4H3/b7-6-,10-9-. The highest BCUT2D eigenvalue weighted by atomic mass is 32.1. The minimum atomic E-state index is 0.734. The fraction of sp³-hybridized carbons (Fsp3) is 0.429. The summed E-state index contributed by atoms with van der Waals surface area (Å²) in [4.78, 5) is 0.734. The van der Waals surface area contributed by atoms with Crippen LogP contribution in [-0.4, -0.2) is 14.1 Å². The molecule has 11 heavy (non-hydrogen) atoms. The maximum absolute atomic E-state index is 4.20. The molecule has 62 valence electrons. The molecule has 0 saturated heterocycles. The van der Waals surface area contributed by atoms with Crippen LogP contribution < -0.4 is 5.32 Å². The fourth-order valence-electron chi connectivity index (χ4n) is 0.534. The van der Waals surface area contributed by atoms with Crippen molar-refractivity contribution in [2.75, 3.05) is 14.1 Å². The minimum Gasteiger partial charge on any atom is -0.388 e. The molecule has 4 heteroatoms. The summed E-state index contributed by atoms with van der Waals surface area (Å²) in [6, 6.07) is 0. The van der Waals surface area contributed by atoms with Gasteiger partial charge in [-0.3, -0.25) is 0 Å². The summed E-state index contributed by atoms with van der Waals surface area (Å²) in [5.41, 5.74) is 1.51. The Kier molecular flexibility index (Phi) is 4.61. The largest absolute Gasteiger partial charge is 0.388 e. The van der Waals surface area contributed by atoms with E-state index in [2.05, 4.69) is 34.8 Å². The van der Waals surface area contributed by atoms with Gasteiger partial charge < -0.3 is 5.32 Å². The summed E-state index contributed by atoms with van der Waals surface area (Å²) in [5, 5.41) is 10.3. The van der Waals surface area contributed by atoms with Crippen LogP contribution in [-0.2, 0) is 0 Å². The third kappa shape index (κ3) is 3.23. The molecule has 0 aromatic rings. The average Bonchev–Trinajstić information content (AvgIpc) is 2.02. The van der Waals surface area contributed by atoms with E-state index in [1.165, 1.54) is 0 Å². The zero-order valence-corrected chi connectivity index (χ0v) is 7.94. The molecule has 0 spiro atoms. The predicted molar refractivity (Wildman–Crippen MR) is 50.7 cm³/mol. The minimum absolute atomic E-state index is 0.734. The van der Waals surface area contributed by atoms with Gasteiger partial charge in [0.2, 0.25) is 0 Å². The van der Waals surface area contributed by atoms with Crippen molar-refractivity contribution in [2.45, 2.75) is 6.92 Å². The molecule has 0 rings (SSSR count). The highest BCUT2D eigenvalue weighted by Crippen LogP contribution is 2.15. The highest BCUT2D eigenvalue weighted by Gasteiger charge is 1.98. The van der Waals surface area contributed by atoms with Gasteiger partial charge in [0.05, 0.1) is 5.70 Å². The summed E-state index contributed by atoms with van der Waals surface area (Å²) in [7, 11) is 3.40. The molecular weight excluding hydrogens is 158 g/mol. The Morgan fingerprint density at radius 3 is 2.45 bits per heavy atom. The van der Waals surface area contributed by atoms with Gasteiger partial charge >= 0.3 is 0 Å². The van der Waals surface area contributed by atoms with Crippen molar-refractivity contribution in [3.8, 4) is 0 Å². The monoisotopic (exact) mass is 171 g/mol. The molecule has 0 heterocycles. The second-order valence-electron chi connectivity index (χ2n) is 1.96. The molecule has 1 N–H and O–H groups in total. The topological polar surface area (TPSA) is 36.8 Å². The maximum atomic E-state index is 4.20. The first-order valence-electron chi connectivity index (χ1n) is 3.20. The first-order valence-corrected chi connectivity index (χ1v) is 3.65. The lowest BCUT2D eigenvalue weighted by Gasteiger charge is -2.04. The molecule has 0 amide bonds. The van der Waals surface area contributed by atoms with Crippen molar-refractivity contribution in [1.29, 1.82) is 0 Å². The van der Waals surface area contributed by atoms with E-state index in [0.29, 0.717) is 0 Å². The molecule has 0 aliphatic heterocycles. The molecule has 0 aliphatic rings. The number of thiol groups is 1. The number of rotatable bonds is 3. The van der Waals surface area contributed by atoms with Crippen LogP contribution in [0, 0.1) is 0 Å². The van der Waals surface area contributed by atoms with Gasteiger partial charge in [-0.05, 0) is 6.92 Å². The summed E-state index contributed by atoms with van der Waals surface area (Å²) >= 11 is 4.20. The van der Waals surface area contributed by atoms with Crippen molar-refractivity contribution in [3.63, 3.8) is 0 Å². The Morgan fingerprint density at radius 1 is 1.55 bits per heavy atom. The smallest absolute Gasteiger partial charge is 0.0748 e. The van der Waals surface area contributed by atoms with Crippen molar-refractivity contribution < 1.29 is 0 Å². The van der Waals surface area contributed by atoms with E-state index >= 15 is 0 Å². The van der Waals surface area contributed by atoms with Crippen LogP contribution in [0.5, 0.6) is 0 Å². The predicted octanol–water partition coefficient (Wildman–Crippen LogP) is 1.96. The fourth-order valence-corrected chi connectivity index (χ4v) is 0.691. The number of allylic oxidation sites excluding steroid dienone is 1. The number of hydrogen-bond acceptors (Lipinski definition) is 4. The first kappa shape index (κ1) is 10.2. The molecule has 0 unspecified atom stereocenters. The summed E-state index contributed by atoms with van der Waals surface area (Å²) in [6.07, 6.45) is 0. The normalized spacial score (nSPS) is 13.1. The van der Waals surface area contributed by atoms with E-state index in [0.717, 1.165) is 16.3 Å². The lowest BCUT2D eigenvalue weighted by Crippen LogP contribution is -2.04. The van der Waals surface area contributed by atoms with Crippen LogP contribution in [0.3, 0.4) is 0 Å². The molecular formula is C7H13N3S. The van der Waals surface area contributed by atoms with Crippen molar-refractivity contribution >= 4 is 12.6 Å². The third-order valence-corrected chi connectivity index (χ3v) is 1.77. The van der Waals surface area contributed by atoms with Gasteiger partial charge in [-0.1, -0.05) is 6.58 Å². The van der Waals surface area contributed by atoms with Gasteiger partial charge in [0, 0.05) is 24.7 Å². The Labute approximate surface area is 72.7 Å². The molecule has 3 nitrogen and oxygen atoms in total. The SMILES string of the molecule is C=C(NC)/C(S)=C(C)/N=N\C. The maximum Gasteiger partial charge on any atom is 0.0748 e. The molecule has 0 atom stereocenters. The number of nitrogens with one attached hydrogen (secondary N) is 1. The first-order chi connectivity index (χ1) is 5.13. The van der Waals surface area contributed by atoms with Crippen LogP contribution in [0.4, 0.5) is 0 Å². The quantitative estimate of drug-likeness (QED) is 0.380. The number of hydrogen-bond donors (Lipinski definition) is 2. The van der Waals surface area contributed by atoms with E-state index in [1.54, 1.807) is 14.1 Å². The summed E-state index contributed by atoms with van der Waals surface area (Å²) in [6.45, 7) is 5.56. The second kappa shape index (κ2) is 4.96. The van der Waals surface area contributed by atoms with Crippen molar-refractivity contribution in [1.82, 2.24) is 5.32 Å². The van der Waals surface area contributed by atoms with Gasteiger partial charge in [0.25, 0.3) is 0 Å². The number of nitrogens with zero attached hydrogens (tertiary/aromatic N) is 2. The van der Waals surface area contributed by atoms with Gasteiger partial charge in [-0.2, -0.15) is 10.2 Å². The Bertz CT molecular complexity index is 206. The summed E-state index contributed by atoms with van der Waals surface area (Å²) in [5.74, 6) is 0. The van der Waals surface area contributed by atoms with Gasteiger partial charge in [-0.25, -0.2) is 0 Å². The molecule has 0 aromatic heterocycles. The van der Waals surface area contributed by atoms with Crippen LogP contribution in [0.15, 0.2) is 33.1 Å². The zero-order valence-electron chi connectivity index (χ0n) is 7.05. The van der Waals surface area contributed by atoms with E-state index in [-0.39, 0.29) is 0 Å². The molecule has 0 radical (unpaired) electrons. The van der Waals surface area contributed by atoms with Gasteiger partial charge in [0.1, 0.15) is 0 Å². The highest BCUT2D eigenvalue weighted by molar-refractivity contribution is 7.84. The molecule has 0 bridgehead atoms. The number of likely N-dealkylation sites (N-methyl/N-ethyl adjacent to an activating group) is 1. The Balaban J connectivity index is 4.51. The van der Waals surface area contributed by atoms with Crippen LogP contribution in [0.1, 0.15) is 6.92 Å².